The number of carboxylic acid groups (broad SMARTS) is 1. The molecule has 0 bridgehead atoms. The first-order valence-corrected chi connectivity index (χ1v) is 7.04. The molecule has 0 spiro atoms. The Hall–Kier alpha value is -0.920. The third kappa shape index (κ3) is 3.09. The number of carbonyl (C=O) groups excluding carboxylic acids is 1. The Morgan fingerprint density at radius 1 is 1.61 bits per heavy atom. The second kappa shape index (κ2) is 5.38. The van der Waals surface area contributed by atoms with Gasteiger partial charge in [0, 0.05) is 12.0 Å². The third-order valence-corrected chi connectivity index (χ3v) is 4.31. The fourth-order valence-corrected chi connectivity index (χ4v) is 3.06. The van der Waals surface area contributed by atoms with E-state index in [1.54, 1.807) is 11.4 Å². The van der Waals surface area contributed by atoms with Gasteiger partial charge in [-0.3, -0.25) is 9.59 Å². The molecule has 98 valence electrons. The van der Waals surface area contributed by atoms with Crippen LogP contribution in [0.1, 0.15) is 23.2 Å². The predicted octanol–water partition coefficient (Wildman–Crippen LogP) is 1.87. The summed E-state index contributed by atoms with van der Waals surface area (Å²) < 4.78 is 6.08. The van der Waals surface area contributed by atoms with E-state index in [-0.39, 0.29) is 18.9 Å². The normalized spacial score (nSPS) is 22.9. The van der Waals surface area contributed by atoms with E-state index in [1.165, 1.54) is 11.3 Å². The van der Waals surface area contributed by atoms with E-state index in [0.29, 0.717) is 18.6 Å². The van der Waals surface area contributed by atoms with Crippen molar-refractivity contribution < 1.29 is 19.4 Å². The highest BCUT2D eigenvalue weighted by Gasteiger charge is 2.38. The molecule has 0 aromatic carbocycles. The van der Waals surface area contributed by atoms with E-state index in [2.05, 4.69) is 21.2 Å². The molecule has 1 aromatic rings. The molecule has 1 aliphatic rings. The molecule has 1 amide bonds. The van der Waals surface area contributed by atoms with E-state index in [4.69, 9.17) is 9.84 Å². The highest BCUT2D eigenvalue weighted by Crippen LogP contribution is 2.25. The van der Waals surface area contributed by atoms with Crippen LogP contribution in [0, 0.1) is 0 Å². The molecule has 1 aliphatic heterocycles. The molecule has 0 aliphatic carbocycles. The lowest BCUT2D eigenvalue weighted by Crippen LogP contribution is -2.50. The van der Waals surface area contributed by atoms with Gasteiger partial charge in [-0.05, 0) is 28.4 Å². The second-order valence-electron chi connectivity index (χ2n) is 4.25. The maximum Gasteiger partial charge on any atom is 0.305 e. The molecule has 1 fully saturated rings. The van der Waals surface area contributed by atoms with Gasteiger partial charge in [0.2, 0.25) is 0 Å². The Labute approximate surface area is 116 Å². The van der Waals surface area contributed by atoms with Gasteiger partial charge in [-0.2, -0.15) is 0 Å². The standard InChI is InChI=1S/C11H12BrNO4S/c12-8-3-7(5-18-8)10(16)13-11(4-9(14)15)1-2-17-6-11/h3,5H,1-2,4,6H2,(H,13,16)(H,14,15). The highest BCUT2D eigenvalue weighted by atomic mass is 79.9. The zero-order valence-electron chi connectivity index (χ0n) is 9.44. The minimum Gasteiger partial charge on any atom is -0.481 e. The third-order valence-electron chi connectivity index (χ3n) is 2.80. The lowest BCUT2D eigenvalue weighted by atomic mass is 9.94. The Kier molecular flexibility index (Phi) is 4.04. The van der Waals surface area contributed by atoms with Gasteiger partial charge in [0.15, 0.2) is 0 Å². The van der Waals surface area contributed by atoms with Crippen molar-refractivity contribution in [3.05, 3.63) is 20.8 Å². The Bertz CT molecular complexity index is 467. The average Bonchev–Trinajstić information content (AvgIpc) is 2.87. The van der Waals surface area contributed by atoms with E-state index < -0.39 is 11.5 Å². The van der Waals surface area contributed by atoms with E-state index >= 15 is 0 Å². The van der Waals surface area contributed by atoms with Crippen molar-refractivity contribution in [2.45, 2.75) is 18.4 Å². The molecule has 7 heteroatoms. The van der Waals surface area contributed by atoms with Gasteiger partial charge in [0.1, 0.15) is 0 Å². The maximum atomic E-state index is 12.0. The fraction of sp³-hybridized carbons (Fsp3) is 0.455. The van der Waals surface area contributed by atoms with Crippen molar-refractivity contribution in [3.63, 3.8) is 0 Å². The number of ether oxygens (including phenoxy) is 1. The number of carbonyl (C=O) groups is 2. The van der Waals surface area contributed by atoms with Crippen molar-refractivity contribution in [2.75, 3.05) is 13.2 Å². The van der Waals surface area contributed by atoms with Crippen LogP contribution in [0.4, 0.5) is 0 Å². The van der Waals surface area contributed by atoms with Gasteiger partial charge >= 0.3 is 5.97 Å². The largest absolute Gasteiger partial charge is 0.481 e. The summed E-state index contributed by atoms with van der Waals surface area (Å²) in [6.45, 7) is 0.719. The number of rotatable bonds is 4. The maximum absolute atomic E-state index is 12.0. The van der Waals surface area contributed by atoms with Gasteiger partial charge < -0.3 is 15.2 Å². The molecule has 0 saturated carbocycles. The monoisotopic (exact) mass is 333 g/mol. The summed E-state index contributed by atoms with van der Waals surface area (Å²) in [5.41, 5.74) is -0.249. The summed E-state index contributed by atoms with van der Waals surface area (Å²) in [7, 11) is 0. The Morgan fingerprint density at radius 3 is 2.89 bits per heavy atom. The first-order valence-electron chi connectivity index (χ1n) is 5.37. The van der Waals surface area contributed by atoms with Gasteiger partial charge in [-0.15, -0.1) is 11.3 Å². The number of nitrogens with one attached hydrogen (secondary N) is 1. The second-order valence-corrected chi connectivity index (χ2v) is 6.54. The quantitative estimate of drug-likeness (QED) is 0.882. The molecule has 2 N–H and O–H groups in total. The summed E-state index contributed by atoms with van der Waals surface area (Å²) in [6, 6.07) is 1.71. The van der Waals surface area contributed by atoms with E-state index in [9.17, 15) is 9.59 Å². The lowest BCUT2D eigenvalue weighted by Gasteiger charge is -2.26. The molecular weight excluding hydrogens is 322 g/mol. The Balaban J connectivity index is 2.09. The summed E-state index contributed by atoms with van der Waals surface area (Å²) in [6.07, 6.45) is 0.403. The van der Waals surface area contributed by atoms with E-state index in [1.807, 2.05) is 0 Å². The number of hydrogen-bond acceptors (Lipinski definition) is 4. The van der Waals surface area contributed by atoms with Crippen LogP contribution >= 0.6 is 27.3 Å². The van der Waals surface area contributed by atoms with Crippen LogP contribution in [0.15, 0.2) is 15.2 Å². The SMILES string of the molecule is O=C(O)CC1(NC(=O)c2csc(Br)c2)CCOC1. The van der Waals surface area contributed by atoms with Crippen molar-refractivity contribution in [1.29, 1.82) is 0 Å². The molecule has 1 unspecified atom stereocenters. The summed E-state index contributed by atoms with van der Waals surface area (Å²) in [5.74, 6) is -1.20. The molecular formula is C11H12BrNO4S. The van der Waals surface area contributed by atoms with Crippen LogP contribution in [0.2, 0.25) is 0 Å². The lowest BCUT2D eigenvalue weighted by molar-refractivity contribution is -0.138. The molecule has 1 aromatic heterocycles. The number of hydrogen-bond donors (Lipinski definition) is 2. The summed E-state index contributed by atoms with van der Waals surface area (Å²) >= 11 is 4.70. The van der Waals surface area contributed by atoms with Gasteiger partial charge in [-0.25, -0.2) is 0 Å². The summed E-state index contributed by atoms with van der Waals surface area (Å²) in [5, 5.41) is 13.4. The van der Waals surface area contributed by atoms with E-state index in [0.717, 1.165) is 3.79 Å². The molecule has 2 heterocycles. The topological polar surface area (TPSA) is 75.6 Å². The van der Waals surface area contributed by atoms with Crippen molar-refractivity contribution in [2.24, 2.45) is 0 Å². The van der Waals surface area contributed by atoms with Gasteiger partial charge in [0.25, 0.3) is 5.91 Å². The first-order chi connectivity index (χ1) is 8.51. The minimum absolute atomic E-state index is 0.121. The molecule has 2 rings (SSSR count). The van der Waals surface area contributed by atoms with Crippen molar-refractivity contribution in [3.8, 4) is 0 Å². The van der Waals surface area contributed by atoms with Crippen LogP contribution in [0.3, 0.4) is 0 Å². The molecule has 5 nitrogen and oxygen atoms in total. The smallest absolute Gasteiger partial charge is 0.305 e. The van der Waals surface area contributed by atoms with Crippen LogP contribution in [0.5, 0.6) is 0 Å². The molecule has 0 radical (unpaired) electrons. The van der Waals surface area contributed by atoms with Gasteiger partial charge in [0.05, 0.1) is 27.9 Å². The zero-order valence-corrected chi connectivity index (χ0v) is 11.8. The first kappa shape index (κ1) is 13.5. The molecule has 1 saturated heterocycles. The fourth-order valence-electron chi connectivity index (χ4n) is 1.92. The molecule has 1 atom stereocenters. The number of aliphatic carboxylic acids is 1. The van der Waals surface area contributed by atoms with Crippen molar-refractivity contribution in [1.82, 2.24) is 5.32 Å². The predicted molar refractivity (Wildman–Crippen MR) is 69.9 cm³/mol. The van der Waals surface area contributed by atoms with Crippen LogP contribution in [-0.4, -0.2) is 35.7 Å². The minimum atomic E-state index is -0.938. The average molecular weight is 334 g/mol. The molecule has 18 heavy (non-hydrogen) atoms. The van der Waals surface area contributed by atoms with Gasteiger partial charge in [-0.1, -0.05) is 0 Å². The summed E-state index contributed by atoms with van der Waals surface area (Å²) in [4.78, 5) is 22.9. The van der Waals surface area contributed by atoms with Crippen LogP contribution in [0.25, 0.3) is 0 Å². The van der Waals surface area contributed by atoms with Crippen LogP contribution in [-0.2, 0) is 9.53 Å². The number of halogens is 1. The number of carboxylic acids is 1. The van der Waals surface area contributed by atoms with Crippen molar-refractivity contribution >= 4 is 39.1 Å². The van der Waals surface area contributed by atoms with Crippen LogP contribution < -0.4 is 5.32 Å². The number of thiophene rings is 1. The zero-order chi connectivity index (χ0) is 13.2. The number of amides is 1. The highest BCUT2D eigenvalue weighted by molar-refractivity contribution is 9.11. The Morgan fingerprint density at radius 2 is 2.39 bits per heavy atom.